The van der Waals surface area contributed by atoms with Gasteiger partial charge in [0, 0.05) is 13.1 Å². The summed E-state index contributed by atoms with van der Waals surface area (Å²) < 4.78 is 13.1. The molecule has 1 fully saturated rings. The summed E-state index contributed by atoms with van der Waals surface area (Å²) in [5.74, 6) is 0.301. The van der Waals surface area contributed by atoms with Crippen LogP contribution in [-0.2, 0) is 4.79 Å². The Morgan fingerprint density at radius 2 is 1.91 bits per heavy atom. The highest BCUT2D eigenvalue weighted by Crippen LogP contribution is 2.42. The standard InChI is InChI=1S/C18H27FN2O/c1-12(2)16(20)17(22)21-10-9-15(18(3,4)11-21)13-5-7-14(19)8-6-13/h5-8,12,15-16H,9-11,20H2,1-4H3/t15?,16-/m1/s1. The second-order valence-corrected chi connectivity index (χ2v) is 7.41. The highest BCUT2D eigenvalue weighted by Gasteiger charge is 2.39. The lowest BCUT2D eigenvalue weighted by Crippen LogP contribution is -2.53. The molecule has 0 aliphatic carbocycles. The summed E-state index contributed by atoms with van der Waals surface area (Å²) in [5.41, 5.74) is 7.10. The summed E-state index contributed by atoms with van der Waals surface area (Å²) >= 11 is 0. The van der Waals surface area contributed by atoms with E-state index in [-0.39, 0.29) is 23.1 Å². The Morgan fingerprint density at radius 1 is 1.32 bits per heavy atom. The van der Waals surface area contributed by atoms with E-state index in [0.717, 1.165) is 12.0 Å². The molecule has 2 rings (SSSR count). The van der Waals surface area contributed by atoms with Crippen LogP contribution in [0.4, 0.5) is 4.39 Å². The Kier molecular flexibility index (Phi) is 4.90. The van der Waals surface area contributed by atoms with Gasteiger partial charge in [0.1, 0.15) is 5.82 Å². The predicted molar refractivity (Wildman–Crippen MR) is 86.9 cm³/mol. The summed E-state index contributed by atoms with van der Waals surface area (Å²) in [5, 5.41) is 0. The van der Waals surface area contributed by atoms with Crippen molar-refractivity contribution in [2.24, 2.45) is 17.1 Å². The fraction of sp³-hybridized carbons (Fsp3) is 0.611. The molecule has 122 valence electrons. The van der Waals surface area contributed by atoms with Gasteiger partial charge in [0.2, 0.25) is 5.91 Å². The van der Waals surface area contributed by atoms with Crippen LogP contribution in [0.5, 0.6) is 0 Å². The van der Waals surface area contributed by atoms with E-state index in [4.69, 9.17) is 5.73 Å². The maximum Gasteiger partial charge on any atom is 0.239 e. The van der Waals surface area contributed by atoms with Crippen molar-refractivity contribution < 1.29 is 9.18 Å². The maximum atomic E-state index is 13.1. The molecule has 0 aromatic heterocycles. The van der Waals surface area contributed by atoms with Gasteiger partial charge < -0.3 is 10.6 Å². The maximum absolute atomic E-state index is 13.1. The lowest BCUT2D eigenvalue weighted by molar-refractivity contribution is -0.137. The van der Waals surface area contributed by atoms with E-state index >= 15 is 0 Å². The number of benzene rings is 1. The van der Waals surface area contributed by atoms with Crippen molar-refractivity contribution in [3.8, 4) is 0 Å². The van der Waals surface area contributed by atoms with Crippen LogP contribution in [0, 0.1) is 17.2 Å². The van der Waals surface area contributed by atoms with Gasteiger partial charge in [0.25, 0.3) is 0 Å². The van der Waals surface area contributed by atoms with Gasteiger partial charge in [0.05, 0.1) is 6.04 Å². The van der Waals surface area contributed by atoms with E-state index in [1.807, 2.05) is 30.9 Å². The number of amides is 1. The van der Waals surface area contributed by atoms with Crippen LogP contribution in [0.25, 0.3) is 0 Å². The molecule has 1 aromatic carbocycles. The third-order valence-corrected chi connectivity index (χ3v) is 4.82. The normalized spacial score (nSPS) is 22.7. The molecule has 2 atom stereocenters. The highest BCUT2D eigenvalue weighted by atomic mass is 19.1. The van der Waals surface area contributed by atoms with Crippen LogP contribution in [0.15, 0.2) is 24.3 Å². The molecule has 3 nitrogen and oxygen atoms in total. The smallest absolute Gasteiger partial charge is 0.239 e. The Hall–Kier alpha value is -1.42. The second kappa shape index (κ2) is 6.37. The second-order valence-electron chi connectivity index (χ2n) is 7.41. The minimum atomic E-state index is -0.432. The number of carbonyl (C=O) groups is 1. The monoisotopic (exact) mass is 306 g/mol. The van der Waals surface area contributed by atoms with Crippen LogP contribution in [-0.4, -0.2) is 29.9 Å². The van der Waals surface area contributed by atoms with E-state index < -0.39 is 6.04 Å². The number of carbonyl (C=O) groups excluding carboxylic acids is 1. The number of likely N-dealkylation sites (tertiary alicyclic amines) is 1. The number of nitrogens with zero attached hydrogens (tertiary/aromatic N) is 1. The summed E-state index contributed by atoms with van der Waals surface area (Å²) in [6, 6.07) is 6.31. The van der Waals surface area contributed by atoms with Crippen molar-refractivity contribution in [3.63, 3.8) is 0 Å². The number of nitrogens with two attached hydrogens (primary N) is 1. The Bertz CT molecular complexity index is 524. The summed E-state index contributed by atoms with van der Waals surface area (Å²) in [6.45, 7) is 9.68. The first-order chi connectivity index (χ1) is 10.2. The van der Waals surface area contributed by atoms with Crippen LogP contribution >= 0.6 is 0 Å². The van der Waals surface area contributed by atoms with E-state index in [1.165, 1.54) is 12.1 Å². The number of piperidine rings is 1. The topological polar surface area (TPSA) is 46.3 Å². The molecule has 1 aliphatic rings. The van der Waals surface area contributed by atoms with Gasteiger partial charge in [-0.05, 0) is 41.4 Å². The van der Waals surface area contributed by atoms with Gasteiger partial charge >= 0.3 is 0 Å². The van der Waals surface area contributed by atoms with E-state index in [9.17, 15) is 9.18 Å². The zero-order valence-corrected chi connectivity index (χ0v) is 14.0. The molecule has 0 spiro atoms. The van der Waals surface area contributed by atoms with E-state index in [0.29, 0.717) is 19.0 Å². The molecule has 1 unspecified atom stereocenters. The molecule has 22 heavy (non-hydrogen) atoms. The molecular formula is C18H27FN2O. The molecule has 1 amide bonds. The SMILES string of the molecule is CC(C)[C@@H](N)C(=O)N1CCC(c2ccc(F)cc2)C(C)(C)C1. The van der Waals surface area contributed by atoms with Gasteiger partial charge in [-0.25, -0.2) is 4.39 Å². The molecular weight excluding hydrogens is 279 g/mol. The van der Waals surface area contributed by atoms with Crippen molar-refractivity contribution in [2.45, 2.75) is 46.1 Å². The highest BCUT2D eigenvalue weighted by molar-refractivity contribution is 5.82. The zero-order chi connectivity index (χ0) is 16.5. The minimum absolute atomic E-state index is 0.0423. The van der Waals surface area contributed by atoms with Crippen molar-refractivity contribution in [1.29, 1.82) is 0 Å². The van der Waals surface area contributed by atoms with Crippen LogP contribution in [0.2, 0.25) is 0 Å². The number of hydrogen-bond donors (Lipinski definition) is 1. The number of rotatable bonds is 3. The van der Waals surface area contributed by atoms with Gasteiger partial charge in [-0.3, -0.25) is 4.79 Å². The first kappa shape index (κ1) is 16.9. The van der Waals surface area contributed by atoms with Crippen molar-refractivity contribution in [3.05, 3.63) is 35.6 Å². The molecule has 4 heteroatoms. The molecule has 0 saturated carbocycles. The molecule has 1 saturated heterocycles. The predicted octanol–water partition coefficient (Wildman–Crippen LogP) is 3.15. The van der Waals surface area contributed by atoms with E-state index in [2.05, 4.69) is 13.8 Å². The lowest BCUT2D eigenvalue weighted by atomic mass is 9.70. The molecule has 1 aliphatic heterocycles. The van der Waals surface area contributed by atoms with Gasteiger partial charge in [-0.15, -0.1) is 0 Å². The summed E-state index contributed by atoms with van der Waals surface area (Å²) in [4.78, 5) is 14.4. The van der Waals surface area contributed by atoms with Crippen molar-refractivity contribution in [1.82, 2.24) is 4.90 Å². The van der Waals surface area contributed by atoms with Crippen molar-refractivity contribution >= 4 is 5.91 Å². The van der Waals surface area contributed by atoms with Gasteiger partial charge in [-0.1, -0.05) is 39.8 Å². The van der Waals surface area contributed by atoms with Crippen LogP contribution in [0.3, 0.4) is 0 Å². The fourth-order valence-corrected chi connectivity index (χ4v) is 3.35. The van der Waals surface area contributed by atoms with E-state index in [1.54, 1.807) is 0 Å². The molecule has 1 aromatic rings. The molecule has 0 radical (unpaired) electrons. The summed E-state index contributed by atoms with van der Waals surface area (Å²) in [7, 11) is 0. The zero-order valence-electron chi connectivity index (χ0n) is 14.0. The third-order valence-electron chi connectivity index (χ3n) is 4.82. The Balaban J connectivity index is 2.12. The lowest BCUT2D eigenvalue weighted by Gasteiger charge is -2.45. The first-order valence-electron chi connectivity index (χ1n) is 8.02. The third kappa shape index (κ3) is 3.49. The van der Waals surface area contributed by atoms with Crippen LogP contribution in [0.1, 0.15) is 45.6 Å². The summed E-state index contributed by atoms with van der Waals surface area (Å²) in [6.07, 6.45) is 0.884. The Labute approximate surface area is 132 Å². The quantitative estimate of drug-likeness (QED) is 0.932. The van der Waals surface area contributed by atoms with Gasteiger partial charge in [0.15, 0.2) is 0 Å². The molecule has 2 N–H and O–H groups in total. The average Bonchev–Trinajstić information content (AvgIpc) is 2.45. The average molecular weight is 306 g/mol. The first-order valence-corrected chi connectivity index (χ1v) is 8.02. The van der Waals surface area contributed by atoms with Crippen molar-refractivity contribution in [2.75, 3.05) is 13.1 Å². The largest absolute Gasteiger partial charge is 0.341 e. The molecule has 1 heterocycles. The number of hydrogen-bond acceptors (Lipinski definition) is 2. The van der Waals surface area contributed by atoms with Crippen LogP contribution < -0.4 is 5.73 Å². The number of halogens is 1. The minimum Gasteiger partial charge on any atom is -0.341 e. The Morgan fingerprint density at radius 3 is 2.41 bits per heavy atom. The fourth-order valence-electron chi connectivity index (χ4n) is 3.35. The molecule has 0 bridgehead atoms. The van der Waals surface area contributed by atoms with Gasteiger partial charge in [-0.2, -0.15) is 0 Å².